The molecule has 0 fully saturated rings. The van der Waals surface area contributed by atoms with Crippen molar-refractivity contribution in [1.29, 1.82) is 0 Å². The molecule has 86 valence electrons. The highest BCUT2D eigenvalue weighted by Gasteiger charge is 2.14. The van der Waals surface area contributed by atoms with Crippen molar-refractivity contribution in [3.8, 4) is 0 Å². The Labute approximate surface area is 93.5 Å². The summed E-state index contributed by atoms with van der Waals surface area (Å²) in [6.07, 6.45) is 0. The van der Waals surface area contributed by atoms with E-state index >= 15 is 0 Å². The molecule has 1 atom stereocenters. The van der Waals surface area contributed by atoms with Gasteiger partial charge in [-0.05, 0) is 31.2 Å². The van der Waals surface area contributed by atoms with Gasteiger partial charge in [-0.15, -0.1) is 0 Å². The Hall–Kier alpha value is -2.04. The molecule has 1 amide bonds. The number of carbonyl (C=O) groups excluding carboxylic acids is 1. The predicted octanol–water partition coefficient (Wildman–Crippen LogP) is 0.931. The minimum atomic E-state index is -1.06. The maximum atomic E-state index is 11.6. The van der Waals surface area contributed by atoms with E-state index in [-0.39, 0.29) is 0 Å². The largest absolute Gasteiger partial charge is 0.480 e. The Kier molecular flexibility index (Phi) is 3.88. The maximum Gasteiger partial charge on any atom is 0.325 e. The van der Waals surface area contributed by atoms with Crippen LogP contribution >= 0.6 is 0 Å². The lowest BCUT2D eigenvalue weighted by atomic mass is 10.2. The lowest BCUT2D eigenvalue weighted by Crippen LogP contribution is -2.38. The van der Waals surface area contributed by atoms with Crippen LogP contribution in [0.2, 0.25) is 0 Å². The average Bonchev–Trinajstić information content (AvgIpc) is 2.28. The third-order valence-electron chi connectivity index (χ3n) is 2.15. The number of carboxylic acid groups (broad SMARTS) is 1. The van der Waals surface area contributed by atoms with E-state index in [2.05, 4.69) is 10.6 Å². The summed E-state index contributed by atoms with van der Waals surface area (Å²) in [4.78, 5) is 22.1. The first-order valence-corrected chi connectivity index (χ1v) is 4.86. The van der Waals surface area contributed by atoms with Crippen molar-refractivity contribution < 1.29 is 14.7 Å². The molecule has 0 heterocycles. The maximum absolute atomic E-state index is 11.6. The van der Waals surface area contributed by atoms with E-state index in [9.17, 15) is 9.59 Å². The summed E-state index contributed by atoms with van der Waals surface area (Å²) in [5.74, 6) is -1.45. The number of anilines is 1. The minimum Gasteiger partial charge on any atom is -0.480 e. The summed E-state index contributed by atoms with van der Waals surface area (Å²) in [5, 5.41) is 13.9. The van der Waals surface area contributed by atoms with Gasteiger partial charge in [-0.2, -0.15) is 0 Å². The summed E-state index contributed by atoms with van der Waals surface area (Å²) in [6.45, 7) is 1.42. The summed E-state index contributed by atoms with van der Waals surface area (Å²) in [6, 6.07) is 5.88. The van der Waals surface area contributed by atoms with Crippen molar-refractivity contribution in [3.63, 3.8) is 0 Å². The van der Waals surface area contributed by atoms with Crippen LogP contribution in [-0.4, -0.2) is 30.1 Å². The van der Waals surface area contributed by atoms with Crippen LogP contribution < -0.4 is 10.6 Å². The van der Waals surface area contributed by atoms with Crippen molar-refractivity contribution in [1.82, 2.24) is 5.32 Å². The molecule has 0 aromatic heterocycles. The molecule has 5 heteroatoms. The number of hydrogen-bond donors (Lipinski definition) is 3. The monoisotopic (exact) mass is 222 g/mol. The van der Waals surface area contributed by atoms with Crippen molar-refractivity contribution in [2.75, 3.05) is 12.4 Å². The minimum absolute atomic E-state index is 0.391. The Bertz CT molecular complexity index is 387. The van der Waals surface area contributed by atoms with Gasteiger partial charge in [0.05, 0.1) is 0 Å². The summed E-state index contributed by atoms with van der Waals surface area (Å²) in [5.41, 5.74) is 1.33. The molecular formula is C11H14N2O3. The second-order valence-corrected chi connectivity index (χ2v) is 3.36. The molecule has 0 saturated carbocycles. The van der Waals surface area contributed by atoms with Crippen LogP contribution in [0, 0.1) is 0 Å². The summed E-state index contributed by atoms with van der Waals surface area (Å²) >= 11 is 0. The molecule has 3 N–H and O–H groups in total. The van der Waals surface area contributed by atoms with Crippen LogP contribution in [0.15, 0.2) is 24.3 Å². The van der Waals surface area contributed by atoms with Gasteiger partial charge in [0.1, 0.15) is 6.04 Å². The van der Waals surface area contributed by atoms with Gasteiger partial charge >= 0.3 is 5.97 Å². The number of hydrogen-bond acceptors (Lipinski definition) is 3. The fraction of sp³-hybridized carbons (Fsp3) is 0.273. The molecule has 0 unspecified atom stereocenters. The number of amides is 1. The first-order chi connectivity index (χ1) is 7.54. The Morgan fingerprint density at radius 1 is 1.25 bits per heavy atom. The molecule has 1 aromatic rings. The highest BCUT2D eigenvalue weighted by atomic mass is 16.4. The fourth-order valence-corrected chi connectivity index (χ4v) is 1.13. The standard InChI is InChI=1S/C11H14N2O3/c1-7(11(15)16)13-10(14)8-3-5-9(12-2)6-4-8/h3-7,12H,1-2H3,(H,13,14)(H,15,16)/t7-/m0/s1. The number of carbonyl (C=O) groups is 2. The molecule has 16 heavy (non-hydrogen) atoms. The average molecular weight is 222 g/mol. The molecule has 5 nitrogen and oxygen atoms in total. The normalized spacial score (nSPS) is 11.6. The first-order valence-electron chi connectivity index (χ1n) is 4.86. The zero-order valence-electron chi connectivity index (χ0n) is 9.15. The molecular weight excluding hydrogens is 208 g/mol. The number of carboxylic acids is 1. The van der Waals surface area contributed by atoms with E-state index in [1.54, 1.807) is 31.3 Å². The van der Waals surface area contributed by atoms with Crippen molar-refractivity contribution in [2.24, 2.45) is 0 Å². The van der Waals surface area contributed by atoms with E-state index in [0.29, 0.717) is 5.56 Å². The molecule has 0 aliphatic heterocycles. The molecule has 0 spiro atoms. The first kappa shape index (κ1) is 12.0. The second kappa shape index (κ2) is 5.16. The Morgan fingerprint density at radius 3 is 2.25 bits per heavy atom. The number of aliphatic carboxylic acids is 1. The van der Waals surface area contributed by atoms with Gasteiger partial charge in [0.15, 0.2) is 0 Å². The zero-order chi connectivity index (χ0) is 12.1. The smallest absolute Gasteiger partial charge is 0.325 e. The number of rotatable bonds is 4. The van der Waals surface area contributed by atoms with Crippen molar-refractivity contribution in [3.05, 3.63) is 29.8 Å². The van der Waals surface area contributed by atoms with Gasteiger partial charge < -0.3 is 15.7 Å². The van der Waals surface area contributed by atoms with Crippen LogP contribution in [0.25, 0.3) is 0 Å². The third kappa shape index (κ3) is 2.98. The lowest BCUT2D eigenvalue weighted by Gasteiger charge is -2.09. The quantitative estimate of drug-likeness (QED) is 0.708. The van der Waals surface area contributed by atoms with Gasteiger partial charge in [0.25, 0.3) is 5.91 Å². The van der Waals surface area contributed by atoms with E-state index in [0.717, 1.165) is 5.69 Å². The topological polar surface area (TPSA) is 78.4 Å². The second-order valence-electron chi connectivity index (χ2n) is 3.36. The SMILES string of the molecule is CNc1ccc(C(=O)N[C@@H](C)C(=O)O)cc1. The van der Waals surface area contributed by atoms with Crippen LogP contribution in [0.1, 0.15) is 17.3 Å². The van der Waals surface area contributed by atoms with Crippen LogP contribution in [-0.2, 0) is 4.79 Å². The summed E-state index contributed by atoms with van der Waals surface area (Å²) in [7, 11) is 1.78. The van der Waals surface area contributed by atoms with Gasteiger partial charge in [-0.3, -0.25) is 9.59 Å². The van der Waals surface area contributed by atoms with Gasteiger partial charge in [-0.1, -0.05) is 0 Å². The van der Waals surface area contributed by atoms with Crippen LogP contribution in [0.4, 0.5) is 5.69 Å². The van der Waals surface area contributed by atoms with Crippen LogP contribution in [0.5, 0.6) is 0 Å². The van der Waals surface area contributed by atoms with E-state index < -0.39 is 17.9 Å². The Morgan fingerprint density at radius 2 is 1.81 bits per heavy atom. The number of benzene rings is 1. The molecule has 1 rings (SSSR count). The van der Waals surface area contributed by atoms with E-state index in [1.165, 1.54) is 6.92 Å². The van der Waals surface area contributed by atoms with E-state index in [4.69, 9.17) is 5.11 Å². The van der Waals surface area contributed by atoms with Crippen molar-refractivity contribution in [2.45, 2.75) is 13.0 Å². The van der Waals surface area contributed by atoms with Gasteiger partial charge in [0, 0.05) is 18.3 Å². The zero-order valence-corrected chi connectivity index (χ0v) is 9.15. The fourth-order valence-electron chi connectivity index (χ4n) is 1.13. The lowest BCUT2D eigenvalue weighted by molar-refractivity contribution is -0.138. The van der Waals surface area contributed by atoms with Crippen molar-refractivity contribution >= 4 is 17.6 Å². The number of nitrogens with one attached hydrogen (secondary N) is 2. The highest BCUT2D eigenvalue weighted by molar-refractivity contribution is 5.96. The predicted molar refractivity (Wildman–Crippen MR) is 60.6 cm³/mol. The Balaban J connectivity index is 2.69. The highest BCUT2D eigenvalue weighted by Crippen LogP contribution is 2.08. The molecule has 0 radical (unpaired) electrons. The molecule has 0 aliphatic rings. The molecule has 0 saturated heterocycles. The third-order valence-corrected chi connectivity index (χ3v) is 2.15. The molecule has 0 aliphatic carbocycles. The van der Waals surface area contributed by atoms with Gasteiger partial charge in [0.2, 0.25) is 0 Å². The molecule has 1 aromatic carbocycles. The van der Waals surface area contributed by atoms with Gasteiger partial charge in [-0.25, -0.2) is 0 Å². The van der Waals surface area contributed by atoms with E-state index in [1.807, 2.05) is 0 Å². The van der Waals surface area contributed by atoms with Crippen LogP contribution in [0.3, 0.4) is 0 Å². The summed E-state index contributed by atoms with van der Waals surface area (Å²) < 4.78 is 0. The molecule has 0 bridgehead atoms.